The highest BCUT2D eigenvalue weighted by atomic mass is 16.3. The second-order valence-corrected chi connectivity index (χ2v) is 3.95. The molecular formula is C14H14N2O2. The predicted molar refractivity (Wildman–Crippen MR) is 72.2 cm³/mol. The van der Waals surface area contributed by atoms with Gasteiger partial charge in [0.25, 0.3) is 0 Å². The summed E-state index contributed by atoms with van der Waals surface area (Å²) in [7, 11) is 0. The zero-order valence-corrected chi connectivity index (χ0v) is 9.96. The summed E-state index contributed by atoms with van der Waals surface area (Å²) in [4.78, 5) is 0. The Balaban J connectivity index is 2.10. The van der Waals surface area contributed by atoms with Crippen molar-refractivity contribution in [2.24, 2.45) is 5.10 Å². The molecule has 0 unspecified atom stereocenters. The Hall–Kier alpha value is -2.49. The molecule has 0 saturated heterocycles. The summed E-state index contributed by atoms with van der Waals surface area (Å²) in [5, 5.41) is 22.9. The molecule has 0 saturated carbocycles. The molecule has 0 bridgehead atoms. The van der Waals surface area contributed by atoms with Gasteiger partial charge < -0.3 is 10.2 Å². The van der Waals surface area contributed by atoms with E-state index in [4.69, 9.17) is 0 Å². The van der Waals surface area contributed by atoms with Gasteiger partial charge in [0, 0.05) is 5.56 Å². The van der Waals surface area contributed by atoms with Crippen molar-refractivity contribution in [1.29, 1.82) is 0 Å². The van der Waals surface area contributed by atoms with Crippen LogP contribution in [-0.4, -0.2) is 16.4 Å². The highest BCUT2D eigenvalue weighted by Gasteiger charge is 2.02. The first-order valence-electron chi connectivity index (χ1n) is 5.53. The van der Waals surface area contributed by atoms with Crippen LogP contribution < -0.4 is 5.43 Å². The smallest absolute Gasteiger partial charge is 0.166 e. The first kappa shape index (κ1) is 12.0. The van der Waals surface area contributed by atoms with Gasteiger partial charge in [0.05, 0.1) is 11.9 Å². The molecule has 0 fully saturated rings. The van der Waals surface area contributed by atoms with Gasteiger partial charge in [0.2, 0.25) is 0 Å². The fraction of sp³-hybridized carbons (Fsp3) is 0.0714. The van der Waals surface area contributed by atoms with E-state index >= 15 is 0 Å². The minimum atomic E-state index is -0.174. The molecule has 0 aliphatic carbocycles. The van der Waals surface area contributed by atoms with Gasteiger partial charge in [0.15, 0.2) is 11.5 Å². The minimum Gasteiger partial charge on any atom is -0.504 e. The Kier molecular flexibility index (Phi) is 3.48. The van der Waals surface area contributed by atoms with E-state index < -0.39 is 0 Å². The number of nitrogens with one attached hydrogen (secondary N) is 1. The van der Waals surface area contributed by atoms with E-state index in [0.29, 0.717) is 5.56 Å². The Morgan fingerprint density at radius 3 is 2.67 bits per heavy atom. The number of hydrogen-bond acceptors (Lipinski definition) is 4. The van der Waals surface area contributed by atoms with Crippen molar-refractivity contribution >= 4 is 11.9 Å². The van der Waals surface area contributed by atoms with Crippen LogP contribution in [0.3, 0.4) is 0 Å². The zero-order chi connectivity index (χ0) is 13.0. The molecule has 0 amide bonds. The second kappa shape index (κ2) is 5.23. The molecule has 2 aromatic carbocycles. The van der Waals surface area contributed by atoms with Gasteiger partial charge in [-0.1, -0.05) is 18.2 Å². The van der Waals surface area contributed by atoms with Crippen molar-refractivity contribution in [3.05, 3.63) is 53.6 Å². The molecule has 0 heterocycles. The van der Waals surface area contributed by atoms with Crippen LogP contribution >= 0.6 is 0 Å². The van der Waals surface area contributed by atoms with E-state index in [0.717, 1.165) is 11.3 Å². The van der Waals surface area contributed by atoms with Crippen LogP contribution in [0.4, 0.5) is 5.69 Å². The number of nitrogens with zero attached hydrogens (tertiary/aromatic N) is 1. The van der Waals surface area contributed by atoms with Crippen LogP contribution in [0.25, 0.3) is 0 Å². The number of aryl methyl sites for hydroxylation is 1. The van der Waals surface area contributed by atoms with E-state index in [1.165, 1.54) is 12.3 Å². The molecule has 0 aliphatic rings. The summed E-state index contributed by atoms with van der Waals surface area (Å²) in [5.74, 6) is -0.332. The first-order chi connectivity index (χ1) is 8.66. The molecule has 3 N–H and O–H groups in total. The van der Waals surface area contributed by atoms with Crippen LogP contribution in [0.2, 0.25) is 0 Å². The minimum absolute atomic E-state index is 0.158. The average molecular weight is 242 g/mol. The molecule has 2 aromatic rings. The van der Waals surface area contributed by atoms with Crippen molar-refractivity contribution in [1.82, 2.24) is 0 Å². The molecule has 2 rings (SSSR count). The molecule has 92 valence electrons. The number of rotatable bonds is 3. The summed E-state index contributed by atoms with van der Waals surface area (Å²) in [6.07, 6.45) is 1.46. The van der Waals surface area contributed by atoms with E-state index in [1.54, 1.807) is 12.1 Å². The third-order valence-electron chi connectivity index (χ3n) is 2.46. The topological polar surface area (TPSA) is 64.9 Å². The Morgan fingerprint density at radius 2 is 1.89 bits per heavy atom. The van der Waals surface area contributed by atoms with E-state index in [-0.39, 0.29) is 11.5 Å². The maximum atomic E-state index is 9.57. The fourth-order valence-corrected chi connectivity index (χ4v) is 1.54. The number of hydrogen-bond donors (Lipinski definition) is 3. The first-order valence-corrected chi connectivity index (χ1v) is 5.53. The number of benzene rings is 2. The third-order valence-corrected chi connectivity index (χ3v) is 2.46. The summed E-state index contributed by atoms with van der Waals surface area (Å²) in [6.45, 7) is 2.00. The predicted octanol–water partition coefficient (Wildman–Crippen LogP) is 2.85. The lowest BCUT2D eigenvalue weighted by atomic mass is 10.2. The Labute approximate surface area is 105 Å². The normalized spacial score (nSPS) is 10.7. The van der Waals surface area contributed by atoms with Gasteiger partial charge in [0.1, 0.15) is 0 Å². The van der Waals surface area contributed by atoms with Crippen molar-refractivity contribution in [3.8, 4) is 11.5 Å². The van der Waals surface area contributed by atoms with Crippen LogP contribution in [0.1, 0.15) is 11.1 Å². The SMILES string of the molecule is Cc1cccc(N/N=C/c2cccc(O)c2O)c1. The highest BCUT2D eigenvalue weighted by molar-refractivity contribution is 5.85. The van der Waals surface area contributed by atoms with E-state index in [1.807, 2.05) is 31.2 Å². The third kappa shape index (κ3) is 2.79. The summed E-state index contributed by atoms with van der Waals surface area (Å²) in [5.41, 5.74) is 5.31. The molecule has 4 nitrogen and oxygen atoms in total. The number of phenols is 2. The van der Waals surface area contributed by atoms with Gasteiger partial charge in [-0.2, -0.15) is 5.10 Å². The maximum absolute atomic E-state index is 9.57. The van der Waals surface area contributed by atoms with Crippen molar-refractivity contribution in [2.45, 2.75) is 6.92 Å². The van der Waals surface area contributed by atoms with Crippen molar-refractivity contribution < 1.29 is 10.2 Å². The zero-order valence-electron chi connectivity index (χ0n) is 9.96. The lowest BCUT2D eigenvalue weighted by molar-refractivity contribution is 0.403. The monoisotopic (exact) mass is 242 g/mol. The lowest BCUT2D eigenvalue weighted by Crippen LogP contribution is -1.91. The summed E-state index contributed by atoms with van der Waals surface area (Å²) >= 11 is 0. The van der Waals surface area contributed by atoms with Gasteiger partial charge in [-0.3, -0.25) is 5.43 Å². The maximum Gasteiger partial charge on any atom is 0.166 e. The van der Waals surface area contributed by atoms with Crippen molar-refractivity contribution in [2.75, 3.05) is 5.43 Å². The van der Waals surface area contributed by atoms with Crippen LogP contribution in [0.15, 0.2) is 47.6 Å². The molecular weight excluding hydrogens is 228 g/mol. The van der Waals surface area contributed by atoms with Gasteiger partial charge in [-0.25, -0.2) is 0 Å². The number of anilines is 1. The molecule has 18 heavy (non-hydrogen) atoms. The second-order valence-electron chi connectivity index (χ2n) is 3.95. The Morgan fingerprint density at radius 1 is 1.11 bits per heavy atom. The van der Waals surface area contributed by atoms with Crippen LogP contribution in [-0.2, 0) is 0 Å². The Bertz CT molecular complexity index is 580. The molecule has 0 aromatic heterocycles. The number of hydrazone groups is 1. The largest absolute Gasteiger partial charge is 0.504 e. The summed E-state index contributed by atoms with van der Waals surface area (Å²) in [6, 6.07) is 12.5. The number of phenolic OH excluding ortho intramolecular Hbond substituents is 2. The molecule has 0 radical (unpaired) electrons. The molecule has 0 atom stereocenters. The van der Waals surface area contributed by atoms with Crippen LogP contribution in [0, 0.1) is 6.92 Å². The molecule has 0 spiro atoms. The number of aromatic hydroxyl groups is 2. The van der Waals surface area contributed by atoms with Gasteiger partial charge in [-0.05, 0) is 36.8 Å². The van der Waals surface area contributed by atoms with Gasteiger partial charge in [-0.15, -0.1) is 0 Å². The fourth-order valence-electron chi connectivity index (χ4n) is 1.54. The molecule has 4 heteroatoms. The van der Waals surface area contributed by atoms with Crippen molar-refractivity contribution in [3.63, 3.8) is 0 Å². The summed E-state index contributed by atoms with van der Waals surface area (Å²) < 4.78 is 0. The van der Waals surface area contributed by atoms with E-state index in [2.05, 4.69) is 10.5 Å². The molecule has 0 aliphatic heterocycles. The highest BCUT2D eigenvalue weighted by Crippen LogP contribution is 2.26. The van der Waals surface area contributed by atoms with Crippen LogP contribution in [0.5, 0.6) is 11.5 Å². The lowest BCUT2D eigenvalue weighted by Gasteiger charge is -2.02. The average Bonchev–Trinajstić information content (AvgIpc) is 2.35. The van der Waals surface area contributed by atoms with E-state index in [9.17, 15) is 10.2 Å². The van der Waals surface area contributed by atoms with Gasteiger partial charge >= 0.3 is 0 Å². The quantitative estimate of drug-likeness (QED) is 0.440. The number of para-hydroxylation sites is 1. The standard InChI is InChI=1S/C14H14N2O2/c1-10-4-2-6-12(8-10)16-15-9-11-5-3-7-13(17)14(11)18/h2-9,16-18H,1H3/b15-9+.